The molecule has 0 bridgehead atoms. The summed E-state index contributed by atoms with van der Waals surface area (Å²) in [6, 6.07) is 7.44. The van der Waals surface area contributed by atoms with E-state index in [-0.39, 0.29) is 5.91 Å². The Morgan fingerprint density at radius 3 is 2.08 bits per heavy atom. The van der Waals surface area contributed by atoms with Crippen LogP contribution < -0.4 is 5.73 Å². The van der Waals surface area contributed by atoms with Crippen molar-refractivity contribution in [3.8, 4) is 0 Å². The molecule has 3 rings (SSSR count). The molecule has 2 fully saturated rings. The second-order valence-electron chi connectivity index (χ2n) is 6.70. The normalized spacial score (nSPS) is 19.6. The Hall–Kier alpha value is -1.92. The van der Waals surface area contributed by atoms with E-state index in [9.17, 15) is 9.59 Å². The molecule has 0 atom stereocenters. The Bertz CT molecular complexity index is 573. The SMILES string of the molecule is NC(=O)c1ccc(CN2CCN(C(=O)CN3CCCC3)CC2)cc1. The van der Waals surface area contributed by atoms with Gasteiger partial charge in [0.25, 0.3) is 0 Å². The fourth-order valence-corrected chi connectivity index (χ4v) is 3.42. The van der Waals surface area contributed by atoms with Crippen LogP contribution in [0.5, 0.6) is 0 Å². The van der Waals surface area contributed by atoms with Gasteiger partial charge in [0.1, 0.15) is 0 Å². The van der Waals surface area contributed by atoms with Gasteiger partial charge in [-0.1, -0.05) is 12.1 Å². The second kappa shape index (κ2) is 7.77. The summed E-state index contributed by atoms with van der Waals surface area (Å²) in [6.45, 7) is 6.92. The van der Waals surface area contributed by atoms with Crippen LogP contribution in [0.2, 0.25) is 0 Å². The summed E-state index contributed by atoms with van der Waals surface area (Å²) in [5, 5.41) is 0. The number of primary amides is 1. The summed E-state index contributed by atoms with van der Waals surface area (Å²) in [7, 11) is 0. The Balaban J connectivity index is 1.44. The number of carbonyl (C=O) groups excluding carboxylic acids is 2. The highest BCUT2D eigenvalue weighted by atomic mass is 16.2. The lowest BCUT2D eigenvalue weighted by atomic mass is 10.1. The van der Waals surface area contributed by atoms with Crippen LogP contribution in [-0.2, 0) is 11.3 Å². The molecule has 0 radical (unpaired) electrons. The molecule has 0 aliphatic carbocycles. The van der Waals surface area contributed by atoms with E-state index in [0.717, 1.165) is 51.4 Å². The first-order valence-electron chi connectivity index (χ1n) is 8.73. The molecule has 130 valence electrons. The third-order valence-electron chi connectivity index (χ3n) is 4.93. The number of hydrogen-bond acceptors (Lipinski definition) is 4. The van der Waals surface area contributed by atoms with Crippen LogP contribution in [0.3, 0.4) is 0 Å². The summed E-state index contributed by atoms with van der Waals surface area (Å²) in [4.78, 5) is 30.0. The fourth-order valence-electron chi connectivity index (χ4n) is 3.42. The minimum absolute atomic E-state index is 0.266. The zero-order valence-electron chi connectivity index (χ0n) is 14.1. The van der Waals surface area contributed by atoms with Crippen LogP contribution >= 0.6 is 0 Å². The summed E-state index contributed by atoms with van der Waals surface area (Å²) in [6.07, 6.45) is 2.44. The van der Waals surface area contributed by atoms with Crippen molar-refractivity contribution >= 4 is 11.8 Å². The molecule has 0 aromatic heterocycles. The lowest BCUT2D eigenvalue weighted by Crippen LogP contribution is -2.50. The van der Waals surface area contributed by atoms with Crippen molar-refractivity contribution in [3.63, 3.8) is 0 Å². The number of nitrogens with zero attached hydrogens (tertiary/aromatic N) is 3. The molecule has 0 saturated carbocycles. The highest BCUT2D eigenvalue weighted by molar-refractivity contribution is 5.92. The largest absolute Gasteiger partial charge is 0.366 e. The third-order valence-corrected chi connectivity index (χ3v) is 4.93. The minimum Gasteiger partial charge on any atom is -0.366 e. The Labute approximate surface area is 143 Å². The quantitative estimate of drug-likeness (QED) is 0.855. The van der Waals surface area contributed by atoms with Gasteiger partial charge in [-0.25, -0.2) is 0 Å². The van der Waals surface area contributed by atoms with Crippen molar-refractivity contribution in [3.05, 3.63) is 35.4 Å². The fraction of sp³-hybridized carbons (Fsp3) is 0.556. The number of likely N-dealkylation sites (tertiary alicyclic amines) is 1. The number of benzene rings is 1. The zero-order chi connectivity index (χ0) is 16.9. The van der Waals surface area contributed by atoms with Crippen molar-refractivity contribution in [2.24, 2.45) is 5.73 Å². The van der Waals surface area contributed by atoms with E-state index in [2.05, 4.69) is 9.80 Å². The Morgan fingerprint density at radius 1 is 0.875 bits per heavy atom. The van der Waals surface area contributed by atoms with Gasteiger partial charge in [0.15, 0.2) is 0 Å². The number of piperazine rings is 1. The van der Waals surface area contributed by atoms with Gasteiger partial charge in [-0.3, -0.25) is 19.4 Å². The van der Waals surface area contributed by atoms with Crippen LogP contribution in [-0.4, -0.2) is 72.3 Å². The Morgan fingerprint density at radius 2 is 1.50 bits per heavy atom. The van der Waals surface area contributed by atoms with E-state index >= 15 is 0 Å². The zero-order valence-corrected chi connectivity index (χ0v) is 14.1. The molecule has 24 heavy (non-hydrogen) atoms. The maximum Gasteiger partial charge on any atom is 0.248 e. The average molecular weight is 330 g/mol. The van der Waals surface area contributed by atoms with Gasteiger partial charge in [-0.15, -0.1) is 0 Å². The molecule has 0 spiro atoms. The van der Waals surface area contributed by atoms with Gasteiger partial charge < -0.3 is 10.6 Å². The third kappa shape index (κ3) is 4.33. The molecule has 2 aliphatic heterocycles. The summed E-state index contributed by atoms with van der Waals surface area (Å²) in [5.41, 5.74) is 6.96. The molecule has 2 aliphatic rings. The van der Waals surface area contributed by atoms with Crippen LogP contribution in [0.1, 0.15) is 28.8 Å². The van der Waals surface area contributed by atoms with E-state index in [0.29, 0.717) is 12.1 Å². The van der Waals surface area contributed by atoms with Crippen molar-refractivity contribution in [1.29, 1.82) is 0 Å². The van der Waals surface area contributed by atoms with Gasteiger partial charge in [0, 0.05) is 38.3 Å². The number of carbonyl (C=O) groups is 2. The van der Waals surface area contributed by atoms with Crippen molar-refractivity contribution < 1.29 is 9.59 Å². The topological polar surface area (TPSA) is 69.9 Å². The number of amides is 2. The highest BCUT2D eigenvalue weighted by Gasteiger charge is 2.23. The molecule has 0 unspecified atom stereocenters. The van der Waals surface area contributed by atoms with E-state index in [1.807, 2.05) is 17.0 Å². The smallest absolute Gasteiger partial charge is 0.248 e. The first-order valence-corrected chi connectivity index (χ1v) is 8.73. The van der Waals surface area contributed by atoms with Gasteiger partial charge in [0.05, 0.1) is 6.54 Å². The molecular formula is C18H26N4O2. The lowest BCUT2D eigenvalue weighted by Gasteiger charge is -2.35. The molecule has 6 nitrogen and oxygen atoms in total. The summed E-state index contributed by atoms with van der Waals surface area (Å²) in [5.74, 6) is -0.131. The highest BCUT2D eigenvalue weighted by Crippen LogP contribution is 2.12. The van der Waals surface area contributed by atoms with Crippen molar-refractivity contribution in [2.75, 3.05) is 45.8 Å². The first-order chi connectivity index (χ1) is 11.6. The van der Waals surface area contributed by atoms with Gasteiger partial charge in [0.2, 0.25) is 11.8 Å². The molecule has 1 aromatic carbocycles. The molecule has 2 amide bonds. The number of nitrogens with two attached hydrogens (primary N) is 1. The maximum atomic E-state index is 12.3. The van der Waals surface area contributed by atoms with E-state index in [1.54, 1.807) is 12.1 Å². The lowest BCUT2D eigenvalue weighted by molar-refractivity contribution is -0.134. The second-order valence-corrected chi connectivity index (χ2v) is 6.70. The molecule has 1 aromatic rings. The monoisotopic (exact) mass is 330 g/mol. The Kier molecular flexibility index (Phi) is 5.48. The van der Waals surface area contributed by atoms with Crippen molar-refractivity contribution in [1.82, 2.24) is 14.7 Å². The van der Waals surface area contributed by atoms with E-state index < -0.39 is 5.91 Å². The minimum atomic E-state index is -0.397. The summed E-state index contributed by atoms with van der Waals surface area (Å²) < 4.78 is 0. The van der Waals surface area contributed by atoms with Crippen LogP contribution in [0.25, 0.3) is 0 Å². The molecular weight excluding hydrogens is 304 g/mol. The van der Waals surface area contributed by atoms with Gasteiger partial charge >= 0.3 is 0 Å². The average Bonchev–Trinajstić information content (AvgIpc) is 3.09. The van der Waals surface area contributed by atoms with Crippen LogP contribution in [0.15, 0.2) is 24.3 Å². The van der Waals surface area contributed by atoms with E-state index in [1.165, 1.54) is 12.8 Å². The maximum absolute atomic E-state index is 12.3. The van der Waals surface area contributed by atoms with Crippen LogP contribution in [0, 0.1) is 0 Å². The molecule has 2 N–H and O–H groups in total. The standard InChI is InChI=1S/C18H26N4O2/c19-18(24)16-5-3-15(4-6-16)13-21-9-11-22(12-10-21)17(23)14-20-7-1-2-8-20/h3-6H,1-2,7-14H2,(H2,19,24). The summed E-state index contributed by atoms with van der Waals surface area (Å²) >= 11 is 0. The van der Waals surface area contributed by atoms with E-state index in [4.69, 9.17) is 5.73 Å². The predicted octanol–water partition coefficient (Wildman–Crippen LogP) is 0.526. The van der Waals surface area contributed by atoms with Crippen molar-refractivity contribution in [2.45, 2.75) is 19.4 Å². The van der Waals surface area contributed by atoms with Gasteiger partial charge in [-0.05, 0) is 43.6 Å². The molecule has 6 heteroatoms. The van der Waals surface area contributed by atoms with Gasteiger partial charge in [-0.2, -0.15) is 0 Å². The number of hydrogen-bond donors (Lipinski definition) is 1. The van der Waals surface area contributed by atoms with Crippen LogP contribution in [0.4, 0.5) is 0 Å². The first kappa shape index (κ1) is 16.9. The molecule has 2 heterocycles. The number of rotatable bonds is 5. The predicted molar refractivity (Wildman–Crippen MR) is 92.5 cm³/mol. The molecule has 2 saturated heterocycles.